The summed E-state index contributed by atoms with van der Waals surface area (Å²) in [7, 11) is 1.62. The van der Waals surface area contributed by atoms with Crippen LogP contribution < -0.4 is 9.64 Å². The Bertz CT molecular complexity index is 1120. The normalized spacial score (nSPS) is 19.6. The van der Waals surface area contributed by atoms with Gasteiger partial charge in [0.05, 0.1) is 18.5 Å². The Hall–Kier alpha value is -3.28. The van der Waals surface area contributed by atoms with Crippen molar-refractivity contribution in [2.24, 2.45) is 5.92 Å². The second-order valence-electron chi connectivity index (χ2n) is 8.85. The first-order valence-corrected chi connectivity index (χ1v) is 10.9. The van der Waals surface area contributed by atoms with Gasteiger partial charge < -0.3 is 19.1 Å². The zero-order valence-electron chi connectivity index (χ0n) is 18.3. The SMILES string of the molecule is COc1cccc(C(=O)N2CCC3(C2)c2cccn2-c2ncccc2N3CC(C)C)c1. The minimum atomic E-state index is -0.266. The Kier molecular flexibility index (Phi) is 4.73. The van der Waals surface area contributed by atoms with Gasteiger partial charge in [0.15, 0.2) is 5.82 Å². The molecule has 0 saturated carbocycles. The molecule has 1 aromatic carbocycles. The molecule has 160 valence electrons. The Labute approximate surface area is 183 Å². The number of anilines is 1. The molecule has 1 spiro atoms. The topological polar surface area (TPSA) is 50.6 Å². The number of hydrogen-bond acceptors (Lipinski definition) is 4. The van der Waals surface area contributed by atoms with Gasteiger partial charge in [0.1, 0.15) is 11.3 Å². The van der Waals surface area contributed by atoms with Crippen molar-refractivity contribution in [1.82, 2.24) is 14.5 Å². The third kappa shape index (κ3) is 3.09. The number of ether oxygens (including phenoxy) is 1. The molecule has 3 aromatic rings. The van der Waals surface area contributed by atoms with Crippen LogP contribution in [0.25, 0.3) is 5.82 Å². The fourth-order valence-electron chi connectivity index (χ4n) is 5.07. The second kappa shape index (κ2) is 7.45. The van der Waals surface area contributed by atoms with E-state index >= 15 is 0 Å². The number of rotatable bonds is 4. The van der Waals surface area contributed by atoms with E-state index in [9.17, 15) is 4.79 Å². The van der Waals surface area contributed by atoms with E-state index in [-0.39, 0.29) is 11.4 Å². The van der Waals surface area contributed by atoms with E-state index in [0.717, 1.165) is 24.5 Å². The average molecular weight is 417 g/mol. The Morgan fingerprint density at radius 3 is 2.87 bits per heavy atom. The van der Waals surface area contributed by atoms with Crippen molar-refractivity contribution < 1.29 is 9.53 Å². The molecule has 0 aliphatic carbocycles. The summed E-state index contributed by atoms with van der Waals surface area (Å²) < 4.78 is 7.52. The maximum absolute atomic E-state index is 13.4. The third-order valence-electron chi connectivity index (χ3n) is 6.43. The smallest absolute Gasteiger partial charge is 0.254 e. The molecule has 5 rings (SSSR count). The number of amides is 1. The third-order valence-corrected chi connectivity index (χ3v) is 6.43. The lowest BCUT2D eigenvalue weighted by Crippen LogP contribution is -2.54. The quantitative estimate of drug-likeness (QED) is 0.643. The van der Waals surface area contributed by atoms with E-state index in [4.69, 9.17) is 9.72 Å². The van der Waals surface area contributed by atoms with E-state index < -0.39 is 0 Å². The van der Waals surface area contributed by atoms with E-state index in [1.807, 2.05) is 41.4 Å². The molecule has 1 atom stereocenters. The molecule has 1 fully saturated rings. The van der Waals surface area contributed by atoms with Crippen molar-refractivity contribution in [3.05, 3.63) is 72.2 Å². The van der Waals surface area contributed by atoms with Crippen LogP contribution in [-0.4, -0.2) is 47.1 Å². The molecule has 0 N–H and O–H groups in total. The maximum atomic E-state index is 13.4. The number of carbonyl (C=O) groups excluding carboxylic acids is 1. The zero-order chi connectivity index (χ0) is 21.6. The highest BCUT2D eigenvalue weighted by Crippen LogP contribution is 2.47. The van der Waals surface area contributed by atoms with Crippen molar-refractivity contribution >= 4 is 11.6 Å². The van der Waals surface area contributed by atoms with E-state index in [2.05, 4.69) is 47.7 Å². The molecule has 4 heterocycles. The highest BCUT2D eigenvalue weighted by atomic mass is 16.5. The largest absolute Gasteiger partial charge is 0.497 e. The molecule has 31 heavy (non-hydrogen) atoms. The molecule has 2 aliphatic rings. The van der Waals surface area contributed by atoms with Crippen LogP contribution in [0.3, 0.4) is 0 Å². The Morgan fingerprint density at radius 2 is 2.06 bits per heavy atom. The lowest BCUT2D eigenvalue weighted by atomic mass is 9.88. The summed E-state index contributed by atoms with van der Waals surface area (Å²) in [6, 6.07) is 15.9. The van der Waals surface area contributed by atoms with Gasteiger partial charge >= 0.3 is 0 Å². The van der Waals surface area contributed by atoms with Gasteiger partial charge in [-0.25, -0.2) is 4.98 Å². The van der Waals surface area contributed by atoms with Crippen molar-refractivity contribution in [2.45, 2.75) is 25.8 Å². The number of fused-ring (bicyclic) bond motifs is 4. The van der Waals surface area contributed by atoms with Crippen LogP contribution >= 0.6 is 0 Å². The number of aromatic nitrogens is 2. The fraction of sp³-hybridized carbons (Fsp3) is 0.360. The summed E-state index contributed by atoms with van der Waals surface area (Å²) in [6.07, 6.45) is 4.82. The van der Waals surface area contributed by atoms with Crippen LogP contribution in [0.1, 0.15) is 36.3 Å². The lowest BCUT2D eigenvalue weighted by Gasteiger charge is -2.47. The number of carbonyl (C=O) groups is 1. The van der Waals surface area contributed by atoms with Crippen molar-refractivity contribution in [3.8, 4) is 11.6 Å². The van der Waals surface area contributed by atoms with Crippen molar-refractivity contribution in [3.63, 3.8) is 0 Å². The minimum Gasteiger partial charge on any atom is -0.497 e. The van der Waals surface area contributed by atoms with Gasteiger partial charge in [0.25, 0.3) is 5.91 Å². The summed E-state index contributed by atoms with van der Waals surface area (Å²) in [6.45, 7) is 6.75. The van der Waals surface area contributed by atoms with Crippen LogP contribution in [0.5, 0.6) is 5.75 Å². The van der Waals surface area contributed by atoms with Crippen molar-refractivity contribution in [2.75, 3.05) is 31.6 Å². The number of pyridine rings is 1. The average Bonchev–Trinajstić information content (AvgIpc) is 3.45. The zero-order valence-corrected chi connectivity index (χ0v) is 18.3. The molecule has 1 amide bonds. The van der Waals surface area contributed by atoms with E-state index in [1.165, 1.54) is 5.69 Å². The molecule has 1 saturated heterocycles. The maximum Gasteiger partial charge on any atom is 0.254 e. The molecule has 6 heteroatoms. The molecule has 0 radical (unpaired) electrons. The van der Waals surface area contributed by atoms with Gasteiger partial charge in [0.2, 0.25) is 0 Å². The molecular weight excluding hydrogens is 388 g/mol. The molecule has 0 bridgehead atoms. The van der Waals surface area contributed by atoms with Crippen LogP contribution in [-0.2, 0) is 5.54 Å². The summed E-state index contributed by atoms with van der Waals surface area (Å²) >= 11 is 0. The standard InChI is InChI=1S/C25H28N4O2/c1-18(2)16-29-21-9-5-12-26-23(21)28-13-6-10-22(28)25(29)11-14-27(17-25)24(30)19-7-4-8-20(15-19)31-3/h4-10,12-13,15,18H,11,14,16-17H2,1-3H3. The first-order valence-electron chi connectivity index (χ1n) is 10.9. The molecule has 6 nitrogen and oxygen atoms in total. The van der Waals surface area contributed by atoms with Gasteiger partial charge in [-0.05, 0) is 54.8 Å². The number of hydrogen-bond donors (Lipinski definition) is 0. The van der Waals surface area contributed by atoms with Crippen LogP contribution in [0, 0.1) is 5.92 Å². The van der Waals surface area contributed by atoms with Gasteiger partial charge in [-0.2, -0.15) is 0 Å². The van der Waals surface area contributed by atoms with E-state index in [1.54, 1.807) is 7.11 Å². The fourth-order valence-corrected chi connectivity index (χ4v) is 5.07. The predicted molar refractivity (Wildman–Crippen MR) is 121 cm³/mol. The molecule has 2 aliphatic heterocycles. The minimum absolute atomic E-state index is 0.0513. The number of likely N-dealkylation sites (tertiary alicyclic amines) is 1. The first-order chi connectivity index (χ1) is 15.0. The van der Waals surface area contributed by atoms with Gasteiger partial charge in [-0.15, -0.1) is 0 Å². The molecule has 2 aromatic heterocycles. The van der Waals surface area contributed by atoms with Crippen molar-refractivity contribution in [1.29, 1.82) is 0 Å². The van der Waals surface area contributed by atoms with E-state index in [0.29, 0.717) is 30.3 Å². The number of benzene rings is 1. The summed E-state index contributed by atoms with van der Waals surface area (Å²) in [4.78, 5) is 22.6. The summed E-state index contributed by atoms with van der Waals surface area (Å²) in [5.74, 6) is 2.20. The lowest BCUT2D eigenvalue weighted by molar-refractivity contribution is 0.0781. The van der Waals surface area contributed by atoms with Crippen LogP contribution in [0.2, 0.25) is 0 Å². The molecular formula is C25H28N4O2. The monoisotopic (exact) mass is 416 g/mol. The van der Waals surface area contributed by atoms with Crippen LogP contribution in [0.15, 0.2) is 60.9 Å². The summed E-state index contributed by atoms with van der Waals surface area (Å²) in [5, 5.41) is 0. The number of nitrogens with zero attached hydrogens (tertiary/aromatic N) is 4. The highest BCUT2D eigenvalue weighted by Gasteiger charge is 2.50. The first kappa shape index (κ1) is 19.7. The predicted octanol–water partition coefficient (Wildman–Crippen LogP) is 4.10. The molecule has 1 unspecified atom stereocenters. The summed E-state index contributed by atoms with van der Waals surface area (Å²) in [5.41, 5.74) is 2.74. The highest BCUT2D eigenvalue weighted by molar-refractivity contribution is 5.95. The second-order valence-corrected chi connectivity index (χ2v) is 8.85. The van der Waals surface area contributed by atoms with Gasteiger partial charge in [0, 0.05) is 37.6 Å². The van der Waals surface area contributed by atoms with Gasteiger partial charge in [-0.3, -0.25) is 4.79 Å². The Balaban J connectivity index is 1.56. The Morgan fingerprint density at radius 1 is 1.19 bits per heavy atom. The van der Waals surface area contributed by atoms with Gasteiger partial charge in [-0.1, -0.05) is 19.9 Å². The number of methoxy groups -OCH3 is 1. The van der Waals surface area contributed by atoms with Crippen LogP contribution in [0.4, 0.5) is 5.69 Å².